The zero-order valence-corrected chi connectivity index (χ0v) is 12.8. The van der Waals surface area contributed by atoms with E-state index in [0.29, 0.717) is 5.56 Å². The molecular formula is C18H22O3. The van der Waals surface area contributed by atoms with Gasteiger partial charge in [0.2, 0.25) is 0 Å². The lowest BCUT2D eigenvalue weighted by Gasteiger charge is -2.16. The van der Waals surface area contributed by atoms with Gasteiger partial charge >= 0.3 is 0 Å². The van der Waals surface area contributed by atoms with Gasteiger partial charge < -0.3 is 15.3 Å². The van der Waals surface area contributed by atoms with E-state index in [1.165, 1.54) is 28.8 Å². The smallest absolute Gasteiger partial charge is 0.161 e. The van der Waals surface area contributed by atoms with Crippen LogP contribution >= 0.6 is 0 Å². The van der Waals surface area contributed by atoms with Gasteiger partial charge in [0.25, 0.3) is 0 Å². The fourth-order valence-electron chi connectivity index (χ4n) is 2.84. The zero-order chi connectivity index (χ0) is 15.6. The van der Waals surface area contributed by atoms with Gasteiger partial charge in [-0.2, -0.15) is 0 Å². The third-order valence-corrected chi connectivity index (χ3v) is 3.95. The molecule has 0 atom stereocenters. The highest BCUT2D eigenvalue weighted by Gasteiger charge is 2.13. The molecule has 3 nitrogen and oxygen atoms in total. The maximum Gasteiger partial charge on any atom is 0.161 e. The second-order valence-electron chi connectivity index (χ2n) is 5.19. The molecule has 3 N–H and O–H groups in total. The first-order chi connectivity index (χ1) is 10.0. The Kier molecular flexibility index (Phi) is 4.41. The first-order valence-corrected chi connectivity index (χ1v) is 7.41. The summed E-state index contributed by atoms with van der Waals surface area (Å²) in [6.45, 7) is 6.38. The van der Waals surface area contributed by atoms with Gasteiger partial charge in [0.1, 0.15) is 5.75 Å². The summed E-state index contributed by atoms with van der Waals surface area (Å²) >= 11 is 0. The minimum absolute atomic E-state index is 0.0290. The molecule has 0 fully saturated rings. The molecule has 0 unspecified atom stereocenters. The molecule has 2 aromatic rings. The lowest BCUT2D eigenvalue weighted by molar-refractivity contribution is 0.397. The van der Waals surface area contributed by atoms with Crippen LogP contribution in [0.2, 0.25) is 0 Å². The van der Waals surface area contributed by atoms with E-state index in [2.05, 4.69) is 32.9 Å². The van der Waals surface area contributed by atoms with Crippen LogP contribution < -0.4 is 0 Å². The number of rotatable bonds is 4. The third-order valence-electron chi connectivity index (χ3n) is 3.95. The molecule has 0 radical (unpaired) electrons. The van der Waals surface area contributed by atoms with Crippen LogP contribution in [-0.4, -0.2) is 15.3 Å². The summed E-state index contributed by atoms with van der Waals surface area (Å²) in [5, 5.41) is 29.2. The molecule has 112 valence electrons. The number of aryl methyl sites for hydroxylation is 2. The Labute approximate surface area is 125 Å². The van der Waals surface area contributed by atoms with Crippen molar-refractivity contribution in [2.24, 2.45) is 0 Å². The maximum atomic E-state index is 10.1. The minimum atomic E-state index is -0.312. The van der Waals surface area contributed by atoms with Gasteiger partial charge in [0.05, 0.1) is 0 Å². The molecule has 21 heavy (non-hydrogen) atoms. The standard InChI is InChI=1S/C18H22O3/c1-4-11-7-13(8-12(5-2)14(11)6-3)15-9-17(20)18(21)10-16(15)19/h7-10,19-21H,4-6H2,1-3H3. The van der Waals surface area contributed by atoms with E-state index in [4.69, 9.17) is 0 Å². The van der Waals surface area contributed by atoms with Crippen LogP contribution in [0.25, 0.3) is 11.1 Å². The van der Waals surface area contributed by atoms with Crippen LogP contribution in [-0.2, 0) is 19.3 Å². The summed E-state index contributed by atoms with van der Waals surface area (Å²) < 4.78 is 0. The number of benzene rings is 2. The number of phenols is 3. The Morgan fingerprint density at radius 3 is 1.67 bits per heavy atom. The molecule has 0 aliphatic rings. The van der Waals surface area contributed by atoms with E-state index in [9.17, 15) is 15.3 Å². The first kappa shape index (κ1) is 15.2. The molecule has 0 bridgehead atoms. The second-order valence-corrected chi connectivity index (χ2v) is 5.19. The van der Waals surface area contributed by atoms with E-state index in [0.717, 1.165) is 24.8 Å². The van der Waals surface area contributed by atoms with Crippen molar-refractivity contribution < 1.29 is 15.3 Å². The Balaban J connectivity index is 2.67. The highest BCUT2D eigenvalue weighted by molar-refractivity contribution is 5.75. The fourth-order valence-corrected chi connectivity index (χ4v) is 2.84. The van der Waals surface area contributed by atoms with Crippen molar-refractivity contribution >= 4 is 0 Å². The molecule has 0 spiro atoms. The Hall–Kier alpha value is -2.16. The number of phenolic OH excluding ortho intramolecular Hbond substituents is 3. The van der Waals surface area contributed by atoms with Gasteiger partial charge in [0.15, 0.2) is 11.5 Å². The maximum absolute atomic E-state index is 10.1. The molecule has 0 heterocycles. The van der Waals surface area contributed by atoms with Crippen molar-refractivity contribution in [2.45, 2.75) is 40.0 Å². The largest absolute Gasteiger partial charge is 0.507 e. The molecule has 0 aromatic heterocycles. The lowest BCUT2D eigenvalue weighted by Crippen LogP contribution is -1.99. The van der Waals surface area contributed by atoms with Crippen LogP contribution in [0.5, 0.6) is 17.2 Å². The molecule has 0 saturated carbocycles. The first-order valence-electron chi connectivity index (χ1n) is 7.41. The van der Waals surface area contributed by atoms with Crippen LogP contribution in [0.1, 0.15) is 37.5 Å². The van der Waals surface area contributed by atoms with Gasteiger partial charge in [-0.25, -0.2) is 0 Å². The lowest BCUT2D eigenvalue weighted by atomic mass is 9.90. The molecule has 3 heteroatoms. The minimum Gasteiger partial charge on any atom is -0.507 e. The molecule has 0 amide bonds. The molecular weight excluding hydrogens is 264 g/mol. The van der Waals surface area contributed by atoms with Crippen molar-refractivity contribution in [2.75, 3.05) is 0 Å². The van der Waals surface area contributed by atoms with Crippen molar-refractivity contribution in [1.29, 1.82) is 0 Å². The van der Waals surface area contributed by atoms with E-state index >= 15 is 0 Å². The Morgan fingerprint density at radius 2 is 1.19 bits per heavy atom. The molecule has 2 aromatic carbocycles. The molecule has 0 saturated heterocycles. The Bertz CT molecular complexity index is 635. The quantitative estimate of drug-likeness (QED) is 0.584. The highest BCUT2D eigenvalue weighted by Crippen LogP contribution is 2.39. The topological polar surface area (TPSA) is 60.7 Å². The van der Waals surface area contributed by atoms with Crippen molar-refractivity contribution in [3.8, 4) is 28.4 Å². The van der Waals surface area contributed by atoms with E-state index < -0.39 is 0 Å². The van der Waals surface area contributed by atoms with Crippen LogP contribution in [0.3, 0.4) is 0 Å². The zero-order valence-electron chi connectivity index (χ0n) is 12.8. The van der Waals surface area contributed by atoms with E-state index in [1.54, 1.807) is 0 Å². The Morgan fingerprint density at radius 1 is 0.667 bits per heavy atom. The van der Waals surface area contributed by atoms with Gasteiger partial charge in [-0.05, 0) is 47.6 Å². The van der Waals surface area contributed by atoms with Gasteiger partial charge in [0, 0.05) is 11.6 Å². The predicted molar refractivity (Wildman–Crippen MR) is 85.0 cm³/mol. The SMILES string of the molecule is CCc1cc(-c2cc(O)c(O)cc2O)cc(CC)c1CC. The van der Waals surface area contributed by atoms with Gasteiger partial charge in [-0.1, -0.05) is 32.9 Å². The average molecular weight is 286 g/mol. The third kappa shape index (κ3) is 2.82. The number of hydrogen-bond acceptors (Lipinski definition) is 3. The van der Waals surface area contributed by atoms with Crippen molar-refractivity contribution in [3.63, 3.8) is 0 Å². The van der Waals surface area contributed by atoms with Crippen molar-refractivity contribution in [3.05, 3.63) is 41.0 Å². The monoisotopic (exact) mass is 286 g/mol. The van der Waals surface area contributed by atoms with Crippen LogP contribution in [0.4, 0.5) is 0 Å². The fraction of sp³-hybridized carbons (Fsp3) is 0.333. The van der Waals surface area contributed by atoms with Gasteiger partial charge in [-0.15, -0.1) is 0 Å². The summed E-state index contributed by atoms with van der Waals surface area (Å²) in [7, 11) is 0. The number of hydrogen-bond donors (Lipinski definition) is 3. The molecule has 0 aliphatic carbocycles. The predicted octanol–water partition coefficient (Wildman–Crippen LogP) is 4.16. The number of aromatic hydroxyl groups is 3. The van der Waals surface area contributed by atoms with E-state index in [-0.39, 0.29) is 17.2 Å². The summed E-state index contributed by atoms with van der Waals surface area (Å²) in [6.07, 6.45) is 2.84. The second kappa shape index (κ2) is 6.08. The summed E-state index contributed by atoms with van der Waals surface area (Å²) in [5.41, 5.74) is 5.30. The highest BCUT2D eigenvalue weighted by atomic mass is 16.3. The van der Waals surface area contributed by atoms with Crippen LogP contribution in [0.15, 0.2) is 24.3 Å². The summed E-state index contributed by atoms with van der Waals surface area (Å²) in [6, 6.07) is 6.70. The summed E-state index contributed by atoms with van der Waals surface area (Å²) in [4.78, 5) is 0. The van der Waals surface area contributed by atoms with Crippen molar-refractivity contribution in [1.82, 2.24) is 0 Å². The molecule has 2 rings (SSSR count). The van der Waals surface area contributed by atoms with Crippen LogP contribution in [0, 0.1) is 0 Å². The molecule has 0 aliphatic heterocycles. The summed E-state index contributed by atoms with van der Waals surface area (Å²) in [5.74, 6) is -0.565. The normalized spacial score (nSPS) is 10.8. The average Bonchev–Trinajstić information content (AvgIpc) is 2.49. The van der Waals surface area contributed by atoms with E-state index in [1.807, 2.05) is 0 Å². The van der Waals surface area contributed by atoms with Gasteiger partial charge in [-0.3, -0.25) is 0 Å².